The lowest BCUT2D eigenvalue weighted by Gasteiger charge is -2.13. The van der Waals surface area contributed by atoms with E-state index in [1.807, 2.05) is 60.7 Å². The predicted molar refractivity (Wildman–Crippen MR) is 102 cm³/mol. The molecular formula is C20H18ClN3O2. The minimum absolute atomic E-state index is 0.0628. The Morgan fingerprint density at radius 1 is 1.04 bits per heavy atom. The van der Waals surface area contributed by atoms with E-state index in [4.69, 9.17) is 16.3 Å². The van der Waals surface area contributed by atoms with E-state index in [9.17, 15) is 4.79 Å². The molecule has 26 heavy (non-hydrogen) atoms. The molecule has 0 bridgehead atoms. The first kappa shape index (κ1) is 17.9. The molecule has 3 aromatic rings. The number of anilines is 1. The van der Waals surface area contributed by atoms with Crippen LogP contribution in [0.5, 0.6) is 0 Å². The smallest absolute Gasteiger partial charge is 0.345 e. The van der Waals surface area contributed by atoms with Gasteiger partial charge in [-0.1, -0.05) is 72.3 Å². The van der Waals surface area contributed by atoms with Crippen LogP contribution in [-0.2, 0) is 11.3 Å². The zero-order valence-electron chi connectivity index (χ0n) is 14.3. The molecule has 3 rings (SSSR count). The molecule has 0 radical (unpaired) electrons. The predicted octanol–water partition coefficient (Wildman–Crippen LogP) is 4.59. The zero-order valence-corrected chi connectivity index (χ0v) is 15.0. The zero-order chi connectivity index (χ0) is 18.4. The van der Waals surface area contributed by atoms with Crippen molar-refractivity contribution >= 4 is 23.4 Å². The van der Waals surface area contributed by atoms with E-state index in [1.165, 1.54) is 0 Å². The molecule has 132 valence electrons. The van der Waals surface area contributed by atoms with Crippen molar-refractivity contribution in [3.05, 3.63) is 76.9 Å². The van der Waals surface area contributed by atoms with Crippen LogP contribution < -0.4 is 5.32 Å². The average Bonchev–Trinajstić information content (AvgIpc) is 2.67. The molecule has 0 saturated heterocycles. The van der Waals surface area contributed by atoms with Gasteiger partial charge in [0, 0.05) is 12.1 Å². The molecule has 0 fully saturated rings. The molecule has 1 aromatic heterocycles. The third kappa shape index (κ3) is 4.18. The molecule has 1 heterocycles. The summed E-state index contributed by atoms with van der Waals surface area (Å²) in [7, 11) is 0. The number of nitrogens with one attached hydrogen (secondary N) is 1. The number of halogens is 1. The molecule has 5 nitrogen and oxygen atoms in total. The van der Waals surface area contributed by atoms with Gasteiger partial charge in [0.1, 0.15) is 16.5 Å². The Labute approximate surface area is 157 Å². The second-order valence-electron chi connectivity index (χ2n) is 5.49. The topological polar surface area (TPSA) is 64.1 Å². The second-order valence-corrected chi connectivity index (χ2v) is 5.85. The molecule has 0 atom stereocenters. The lowest BCUT2D eigenvalue weighted by Crippen LogP contribution is -2.14. The van der Waals surface area contributed by atoms with Crippen molar-refractivity contribution in [3.8, 4) is 11.4 Å². The summed E-state index contributed by atoms with van der Waals surface area (Å²) in [5, 5.41) is 3.25. The van der Waals surface area contributed by atoms with Gasteiger partial charge in [0.05, 0.1) is 6.61 Å². The van der Waals surface area contributed by atoms with Gasteiger partial charge < -0.3 is 10.1 Å². The quantitative estimate of drug-likeness (QED) is 0.510. The molecule has 6 heteroatoms. The summed E-state index contributed by atoms with van der Waals surface area (Å²) in [6.07, 6.45) is 0. The Morgan fingerprint density at radius 2 is 1.69 bits per heavy atom. The number of carbonyl (C=O) groups is 1. The number of rotatable bonds is 6. The summed E-state index contributed by atoms with van der Waals surface area (Å²) in [5.41, 5.74) is 2.01. The summed E-state index contributed by atoms with van der Waals surface area (Å²) in [4.78, 5) is 21.1. The van der Waals surface area contributed by atoms with Crippen molar-refractivity contribution in [1.29, 1.82) is 0 Å². The van der Waals surface area contributed by atoms with Crippen LogP contribution in [-0.4, -0.2) is 22.5 Å². The van der Waals surface area contributed by atoms with Gasteiger partial charge in [-0.25, -0.2) is 14.8 Å². The van der Waals surface area contributed by atoms with Crippen LogP contribution in [0.4, 0.5) is 5.82 Å². The van der Waals surface area contributed by atoms with Crippen LogP contribution in [0.1, 0.15) is 22.8 Å². The highest BCUT2D eigenvalue weighted by Crippen LogP contribution is 2.27. The maximum absolute atomic E-state index is 12.3. The second kappa shape index (κ2) is 8.45. The molecule has 0 aliphatic rings. The fraction of sp³-hybridized carbons (Fsp3) is 0.150. The SMILES string of the molecule is CCOC(=O)c1c(Cl)nc(-c2ccccc2)nc1NCc1ccccc1. The van der Waals surface area contributed by atoms with Crippen molar-refractivity contribution in [1.82, 2.24) is 9.97 Å². The summed E-state index contributed by atoms with van der Waals surface area (Å²) in [6.45, 7) is 2.48. The van der Waals surface area contributed by atoms with E-state index in [1.54, 1.807) is 6.92 Å². The Balaban J connectivity index is 1.99. The third-order valence-electron chi connectivity index (χ3n) is 3.68. The summed E-state index contributed by atoms with van der Waals surface area (Å²) >= 11 is 6.30. The van der Waals surface area contributed by atoms with E-state index in [-0.39, 0.29) is 17.3 Å². The molecule has 1 N–H and O–H groups in total. The molecule has 0 unspecified atom stereocenters. The standard InChI is InChI=1S/C20H18ClN3O2/c1-2-26-20(25)16-17(21)23-18(15-11-7-4-8-12-15)24-19(16)22-13-14-9-5-3-6-10-14/h3-12H,2,13H2,1H3,(H,22,23,24). The number of hydrogen-bond acceptors (Lipinski definition) is 5. The van der Waals surface area contributed by atoms with Gasteiger partial charge >= 0.3 is 5.97 Å². The summed E-state index contributed by atoms with van der Waals surface area (Å²) < 4.78 is 5.10. The Hall–Kier alpha value is -2.92. The highest BCUT2D eigenvalue weighted by atomic mass is 35.5. The maximum Gasteiger partial charge on any atom is 0.345 e. The van der Waals surface area contributed by atoms with E-state index in [2.05, 4.69) is 15.3 Å². The first-order chi connectivity index (χ1) is 12.7. The Kier molecular flexibility index (Phi) is 5.81. The van der Waals surface area contributed by atoms with Gasteiger partial charge in [-0.05, 0) is 12.5 Å². The van der Waals surface area contributed by atoms with Crippen molar-refractivity contribution in [2.75, 3.05) is 11.9 Å². The van der Waals surface area contributed by atoms with Crippen molar-refractivity contribution in [3.63, 3.8) is 0 Å². The summed E-state index contributed by atoms with van der Waals surface area (Å²) in [6, 6.07) is 19.3. The average molecular weight is 368 g/mol. The molecular weight excluding hydrogens is 350 g/mol. The van der Waals surface area contributed by atoms with Crippen molar-refractivity contribution < 1.29 is 9.53 Å². The number of nitrogens with zero attached hydrogens (tertiary/aromatic N) is 2. The van der Waals surface area contributed by atoms with E-state index >= 15 is 0 Å². The minimum Gasteiger partial charge on any atom is -0.462 e. The minimum atomic E-state index is -0.548. The van der Waals surface area contributed by atoms with Gasteiger partial charge in [-0.2, -0.15) is 0 Å². The van der Waals surface area contributed by atoms with Crippen LogP contribution in [0.3, 0.4) is 0 Å². The lowest BCUT2D eigenvalue weighted by molar-refractivity contribution is 0.0527. The van der Waals surface area contributed by atoms with E-state index < -0.39 is 5.97 Å². The Morgan fingerprint density at radius 3 is 2.35 bits per heavy atom. The fourth-order valence-electron chi connectivity index (χ4n) is 2.44. The highest BCUT2D eigenvalue weighted by molar-refractivity contribution is 6.33. The molecule has 0 saturated carbocycles. The van der Waals surface area contributed by atoms with Crippen molar-refractivity contribution in [2.24, 2.45) is 0 Å². The van der Waals surface area contributed by atoms with Gasteiger partial charge in [-0.3, -0.25) is 0 Å². The Bertz CT molecular complexity index is 886. The van der Waals surface area contributed by atoms with Crippen LogP contribution >= 0.6 is 11.6 Å². The molecule has 0 spiro atoms. The number of hydrogen-bond donors (Lipinski definition) is 1. The van der Waals surface area contributed by atoms with Crippen LogP contribution in [0.25, 0.3) is 11.4 Å². The van der Waals surface area contributed by atoms with E-state index in [0.717, 1.165) is 11.1 Å². The van der Waals surface area contributed by atoms with Crippen LogP contribution in [0.15, 0.2) is 60.7 Å². The monoisotopic (exact) mass is 367 g/mol. The van der Waals surface area contributed by atoms with Gasteiger partial charge in [0.2, 0.25) is 0 Å². The van der Waals surface area contributed by atoms with Crippen molar-refractivity contribution in [2.45, 2.75) is 13.5 Å². The molecule has 0 aliphatic heterocycles. The number of ether oxygens (including phenoxy) is 1. The number of esters is 1. The first-order valence-corrected chi connectivity index (χ1v) is 8.64. The fourth-order valence-corrected chi connectivity index (χ4v) is 2.69. The van der Waals surface area contributed by atoms with Gasteiger partial charge in [0.15, 0.2) is 5.82 Å². The van der Waals surface area contributed by atoms with E-state index in [0.29, 0.717) is 18.2 Å². The third-order valence-corrected chi connectivity index (χ3v) is 3.95. The van der Waals surface area contributed by atoms with Crippen LogP contribution in [0.2, 0.25) is 5.15 Å². The summed E-state index contributed by atoms with van der Waals surface area (Å²) in [5.74, 6) is 0.248. The maximum atomic E-state index is 12.3. The number of carbonyl (C=O) groups excluding carboxylic acids is 1. The lowest BCUT2D eigenvalue weighted by atomic mass is 10.2. The largest absolute Gasteiger partial charge is 0.462 e. The first-order valence-electron chi connectivity index (χ1n) is 8.27. The molecule has 0 amide bonds. The van der Waals surface area contributed by atoms with Crippen LogP contribution in [0, 0.1) is 0 Å². The van der Waals surface area contributed by atoms with Gasteiger partial charge in [0.25, 0.3) is 0 Å². The molecule has 0 aliphatic carbocycles. The number of benzene rings is 2. The normalized spacial score (nSPS) is 10.4. The van der Waals surface area contributed by atoms with Gasteiger partial charge in [-0.15, -0.1) is 0 Å². The number of aromatic nitrogens is 2. The molecule has 2 aromatic carbocycles. The highest BCUT2D eigenvalue weighted by Gasteiger charge is 2.21.